The summed E-state index contributed by atoms with van der Waals surface area (Å²) in [6.07, 6.45) is -0.233. The van der Waals surface area contributed by atoms with Gasteiger partial charge in [0.2, 0.25) is 0 Å². The number of hydrogen-bond acceptors (Lipinski definition) is 2. The maximum atomic E-state index is 5.94. The first-order valence-electron chi connectivity index (χ1n) is 5.90. The molecule has 0 N–H and O–H groups in total. The molecule has 1 aliphatic rings. The van der Waals surface area contributed by atoms with Gasteiger partial charge in [-0.2, -0.15) is 0 Å². The molecule has 1 saturated heterocycles. The Morgan fingerprint density at radius 2 is 1.61 bits per heavy atom. The summed E-state index contributed by atoms with van der Waals surface area (Å²) in [5, 5.41) is 0. The van der Waals surface area contributed by atoms with Crippen LogP contribution in [0.2, 0.25) is 0 Å². The van der Waals surface area contributed by atoms with E-state index in [0.717, 1.165) is 15.6 Å². The molecular formula is C15H13BrO2. The van der Waals surface area contributed by atoms with Crippen molar-refractivity contribution in [1.29, 1.82) is 0 Å². The summed E-state index contributed by atoms with van der Waals surface area (Å²) in [5.41, 5.74) is 2.22. The Kier molecular flexibility index (Phi) is 3.46. The largest absolute Gasteiger partial charge is 0.345 e. The van der Waals surface area contributed by atoms with E-state index >= 15 is 0 Å². The molecule has 0 amide bonds. The van der Waals surface area contributed by atoms with Crippen molar-refractivity contribution in [2.45, 2.75) is 12.4 Å². The van der Waals surface area contributed by atoms with E-state index in [1.807, 2.05) is 42.5 Å². The molecule has 18 heavy (non-hydrogen) atoms. The third kappa shape index (κ3) is 2.48. The van der Waals surface area contributed by atoms with Gasteiger partial charge in [-0.3, -0.25) is 0 Å². The molecule has 3 heteroatoms. The number of halogens is 1. The quantitative estimate of drug-likeness (QED) is 0.826. The van der Waals surface area contributed by atoms with E-state index in [0.29, 0.717) is 6.61 Å². The molecule has 3 rings (SSSR count). The molecule has 0 radical (unpaired) electrons. The summed E-state index contributed by atoms with van der Waals surface area (Å²) in [4.78, 5) is 0. The van der Waals surface area contributed by atoms with Gasteiger partial charge >= 0.3 is 0 Å². The van der Waals surface area contributed by atoms with Gasteiger partial charge in [0, 0.05) is 10.0 Å². The van der Waals surface area contributed by atoms with Crippen LogP contribution in [0.1, 0.15) is 23.5 Å². The van der Waals surface area contributed by atoms with Gasteiger partial charge < -0.3 is 9.47 Å². The van der Waals surface area contributed by atoms with Crippen LogP contribution in [0.15, 0.2) is 59.1 Å². The molecule has 2 aromatic carbocycles. The Morgan fingerprint density at radius 1 is 0.889 bits per heavy atom. The standard InChI is InChI=1S/C15H13BrO2/c16-13-8-6-11(7-9-13)14-10-17-15(18-14)12-4-2-1-3-5-12/h1-9,14-15H,10H2/t14-,15?/m1/s1. The molecule has 2 aromatic rings. The molecule has 0 saturated carbocycles. The van der Waals surface area contributed by atoms with E-state index in [9.17, 15) is 0 Å². The van der Waals surface area contributed by atoms with E-state index in [-0.39, 0.29) is 12.4 Å². The van der Waals surface area contributed by atoms with Gasteiger partial charge in [0.25, 0.3) is 0 Å². The molecule has 0 bridgehead atoms. The Balaban J connectivity index is 1.74. The highest BCUT2D eigenvalue weighted by molar-refractivity contribution is 9.10. The lowest BCUT2D eigenvalue weighted by molar-refractivity contribution is -0.0607. The summed E-state index contributed by atoms with van der Waals surface area (Å²) in [6, 6.07) is 18.2. The molecule has 0 aromatic heterocycles. The Labute approximate surface area is 115 Å². The lowest BCUT2D eigenvalue weighted by atomic mass is 10.1. The van der Waals surface area contributed by atoms with Crippen LogP contribution in [0.4, 0.5) is 0 Å². The molecule has 1 unspecified atom stereocenters. The first-order valence-corrected chi connectivity index (χ1v) is 6.70. The van der Waals surface area contributed by atoms with E-state index < -0.39 is 0 Å². The van der Waals surface area contributed by atoms with E-state index in [4.69, 9.17) is 9.47 Å². The van der Waals surface area contributed by atoms with Crippen molar-refractivity contribution < 1.29 is 9.47 Å². The summed E-state index contributed by atoms with van der Waals surface area (Å²) in [5.74, 6) is 0. The highest BCUT2D eigenvalue weighted by Gasteiger charge is 2.28. The minimum absolute atomic E-state index is 0.0170. The number of rotatable bonds is 2. The van der Waals surface area contributed by atoms with Gasteiger partial charge in [0.1, 0.15) is 6.10 Å². The second-order valence-corrected chi connectivity index (χ2v) is 5.17. The SMILES string of the molecule is Brc1ccc([C@H]2COC(c3ccccc3)O2)cc1. The van der Waals surface area contributed by atoms with Crippen molar-refractivity contribution in [2.75, 3.05) is 6.61 Å². The second kappa shape index (κ2) is 5.22. The van der Waals surface area contributed by atoms with Crippen LogP contribution >= 0.6 is 15.9 Å². The van der Waals surface area contributed by atoms with Crippen molar-refractivity contribution in [3.8, 4) is 0 Å². The molecule has 1 heterocycles. The monoisotopic (exact) mass is 304 g/mol. The Morgan fingerprint density at radius 3 is 2.33 bits per heavy atom. The lowest BCUT2D eigenvalue weighted by Gasteiger charge is -2.11. The molecule has 92 valence electrons. The molecule has 1 fully saturated rings. The normalized spacial score (nSPS) is 23.2. The fourth-order valence-electron chi connectivity index (χ4n) is 2.04. The third-order valence-corrected chi connectivity index (χ3v) is 3.53. The number of ether oxygens (including phenoxy) is 2. The maximum Gasteiger partial charge on any atom is 0.184 e. The summed E-state index contributed by atoms with van der Waals surface area (Å²) in [7, 11) is 0. The summed E-state index contributed by atoms with van der Waals surface area (Å²) in [6.45, 7) is 0.598. The van der Waals surface area contributed by atoms with Crippen LogP contribution in [0.3, 0.4) is 0 Å². The summed E-state index contributed by atoms with van der Waals surface area (Å²) >= 11 is 3.43. The predicted molar refractivity (Wildman–Crippen MR) is 73.1 cm³/mol. The van der Waals surface area contributed by atoms with E-state index in [1.165, 1.54) is 0 Å². The van der Waals surface area contributed by atoms with Crippen LogP contribution in [-0.4, -0.2) is 6.61 Å². The average Bonchev–Trinajstić information content (AvgIpc) is 2.90. The Bertz CT molecular complexity index is 510. The van der Waals surface area contributed by atoms with E-state index in [2.05, 4.69) is 28.1 Å². The van der Waals surface area contributed by atoms with Crippen molar-refractivity contribution in [1.82, 2.24) is 0 Å². The van der Waals surface area contributed by atoms with E-state index in [1.54, 1.807) is 0 Å². The van der Waals surface area contributed by atoms with Gasteiger partial charge in [-0.05, 0) is 17.7 Å². The summed E-state index contributed by atoms with van der Waals surface area (Å²) < 4.78 is 12.7. The lowest BCUT2D eigenvalue weighted by Crippen LogP contribution is -2.00. The molecule has 2 nitrogen and oxygen atoms in total. The van der Waals surface area contributed by atoms with Crippen molar-refractivity contribution in [3.63, 3.8) is 0 Å². The fourth-order valence-corrected chi connectivity index (χ4v) is 2.30. The van der Waals surface area contributed by atoms with Crippen LogP contribution in [0.25, 0.3) is 0 Å². The highest BCUT2D eigenvalue weighted by atomic mass is 79.9. The van der Waals surface area contributed by atoms with Crippen LogP contribution < -0.4 is 0 Å². The van der Waals surface area contributed by atoms with Crippen LogP contribution in [-0.2, 0) is 9.47 Å². The van der Waals surface area contributed by atoms with Gasteiger partial charge in [-0.15, -0.1) is 0 Å². The molecule has 2 atom stereocenters. The zero-order chi connectivity index (χ0) is 12.4. The zero-order valence-electron chi connectivity index (χ0n) is 9.75. The van der Waals surface area contributed by atoms with Gasteiger partial charge in [-0.25, -0.2) is 0 Å². The third-order valence-electron chi connectivity index (χ3n) is 3.00. The smallest absolute Gasteiger partial charge is 0.184 e. The second-order valence-electron chi connectivity index (χ2n) is 4.25. The Hall–Kier alpha value is -1.16. The molecule has 1 aliphatic heterocycles. The molecular weight excluding hydrogens is 292 g/mol. The van der Waals surface area contributed by atoms with Crippen molar-refractivity contribution in [2.24, 2.45) is 0 Å². The maximum absolute atomic E-state index is 5.94. The van der Waals surface area contributed by atoms with Crippen molar-refractivity contribution >= 4 is 15.9 Å². The zero-order valence-corrected chi connectivity index (χ0v) is 11.3. The average molecular weight is 305 g/mol. The fraction of sp³-hybridized carbons (Fsp3) is 0.200. The minimum Gasteiger partial charge on any atom is -0.345 e. The van der Waals surface area contributed by atoms with Crippen molar-refractivity contribution in [3.05, 3.63) is 70.2 Å². The van der Waals surface area contributed by atoms with Gasteiger partial charge in [-0.1, -0.05) is 58.4 Å². The van der Waals surface area contributed by atoms with Gasteiger partial charge in [0.15, 0.2) is 6.29 Å². The number of hydrogen-bond donors (Lipinski definition) is 0. The van der Waals surface area contributed by atoms with Crippen LogP contribution in [0.5, 0.6) is 0 Å². The van der Waals surface area contributed by atoms with Crippen LogP contribution in [0, 0.1) is 0 Å². The topological polar surface area (TPSA) is 18.5 Å². The molecule has 0 spiro atoms. The molecule has 0 aliphatic carbocycles. The first-order chi connectivity index (χ1) is 8.83. The predicted octanol–water partition coefficient (Wildman–Crippen LogP) is 4.24. The minimum atomic E-state index is -0.250. The van der Waals surface area contributed by atoms with Gasteiger partial charge in [0.05, 0.1) is 6.61 Å². The number of benzene rings is 2. The highest BCUT2D eigenvalue weighted by Crippen LogP contribution is 2.35. The first kappa shape index (κ1) is 11.9.